The van der Waals surface area contributed by atoms with Gasteiger partial charge in [0.1, 0.15) is 5.75 Å². The van der Waals surface area contributed by atoms with Crippen molar-refractivity contribution < 1.29 is 14.1 Å². The molecule has 0 amide bonds. The lowest BCUT2D eigenvalue weighted by molar-refractivity contribution is -0.385. The van der Waals surface area contributed by atoms with Crippen LogP contribution in [-0.4, -0.2) is 15.1 Å². The van der Waals surface area contributed by atoms with Crippen molar-refractivity contribution in [3.63, 3.8) is 0 Å². The van der Waals surface area contributed by atoms with Crippen molar-refractivity contribution in [3.8, 4) is 16.5 Å². The number of thiophene rings is 1. The summed E-state index contributed by atoms with van der Waals surface area (Å²) in [7, 11) is 0. The maximum absolute atomic E-state index is 10.8. The van der Waals surface area contributed by atoms with E-state index in [1.165, 1.54) is 17.4 Å². The average molecular weight is 396 g/mol. The summed E-state index contributed by atoms with van der Waals surface area (Å²) in [6.07, 6.45) is 0. The van der Waals surface area contributed by atoms with Crippen molar-refractivity contribution >= 4 is 33.0 Å². The molecule has 3 aromatic rings. The molecule has 0 aliphatic carbocycles. The lowest BCUT2D eigenvalue weighted by atomic mass is 10.2. The van der Waals surface area contributed by atoms with Crippen LogP contribution in [0.2, 0.25) is 0 Å². The van der Waals surface area contributed by atoms with Gasteiger partial charge in [-0.05, 0) is 47.1 Å². The highest BCUT2D eigenvalue weighted by molar-refractivity contribution is 9.11. The molecular formula is C14H10BrN3O4S. The highest BCUT2D eigenvalue weighted by Crippen LogP contribution is 2.30. The number of rotatable bonds is 5. The maximum Gasteiger partial charge on any atom is 0.272 e. The standard InChI is InChI=1S/C14H10BrN3O4S/c1-8-6-9(2-3-10(8)18(19)20)21-7-13-16-17-14(22-13)11-4-5-12(15)23-11/h2-6H,7H2,1H3. The molecule has 0 aliphatic heterocycles. The summed E-state index contributed by atoms with van der Waals surface area (Å²) in [6.45, 7) is 1.75. The Morgan fingerprint density at radius 3 is 2.83 bits per heavy atom. The van der Waals surface area contributed by atoms with E-state index in [2.05, 4.69) is 26.1 Å². The molecule has 0 N–H and O–H groups in total. The molecule has 2 heterocycles. The first-order valence-electron chi connectivity index (χ1n) is 6.49. The zero-order valence-electron chi connectivity index (χ0n) is 11.9. The van der Waals surface area contributed by atoms with Crippen LogP contribution in [0, 0.1) is 17.0 Å². The fourth-order valence-corrected chi connectivity index (χ4v) is 3.22. The Morgan fingerprint density at radius 1 is 1.35 bits per heavy atom. The third-order valence-corrected chi connectivity index (χ3v) is 4.59. The molecular weight excluding hydrogens is 386 g/mol. The Morgan fingerprint density at radius 2 is 2.17 bits per heavy atom. The van der Waals surface area contributed by atoms with E-state index in [1.54, 1.807) is 19.1 Å². The second-order valence-corrected chi connectivity index (χ2v) is 7.06. The molecule has 0 bridgehead atoms. The number of hydrogen-bond donors (Lipinski definition) is 0. The van der Waals surface area contributed by atoms with Gasteiger partial charge in [-0.15, -0.1) is 21.5 Å². The summed E-state index contributed by atoms with van der Waals surface area (Å²) in [5.41, 5.74) is 0.586. The highest BCUT2D eigenvalue weighted by Gasteiger charge is 2.13. The van der Waals surface area contributed by atoms with E-state index in [9.17, 15) is 10.1 Å². The minimum Gasteiger partial charge on any atom is -0.484 e. The molecule has 9 heteroatoms. The lowest BCUT2D eigenvalue weighted by Crippen LogP contribution is -1.97. The second-order valence-electron chi connectivity index (χ2n) is 4.60. The van der Waals surface area contributed by atoms with E-state index >= 15 is 0 Å². The summed E-state index contributed by atoms with van der Waals surface area (Å²) in [5.74, 6) is 1.27. The summed E-state index contributed by atoms with van der Waals surface area (Å²) in [4.78, 5) is 11.2. The molecule has 0 saturated carbocycles. The molecule has 0 atom stereocenters. The van der Waals surface area contributed by atoms with Crippen molar-refractivity contribution in [1.29, 1.82) is 0 Å². The first-order chi connectivity index (χ1) is 11.0. The van der Waals surface area contributed by atoms with Gasteiger partial charge in [0.2, 0.25) is 0 Å². The van der Waals surface area contributed by atoms with Crippen LogP contribution in [0.3, 0.4) is 0 Å². The number of benzene rings is 1. The lowest BCUT2D eigenvalue weighted by Gasteiger charge is -2.04. The fourth-order valence-electron chi connectivity index (χ4n) is 1.91. The van der Waals surface area contributed by atoms with Crippen LogP contribution >= 0.6 is 27.3 Å². The normalized spacial score (nSPS) is 10.7. The predicted octanol–water partition coefficient (Wildman–Crippen LogP) is 4.36. The molecule has 23 heavy (non-hydrogen) atoms. The van der Waals surface area contributed by atoms with Gasteiger partial charge < -0.3 is 9.15 Å². The molecule has 0 spiro atoms. The molecule has 3 rings (SSSR count). The first-order valence-corrected chi connectivity index (χ1v) is 8.10. The van der Waals surface area contributed by atoms with Crippen LogP contribution in [0.15, 0.2) is 38.5 Å². The van der Waals surface area contributed by atoms with Gasteiger partial charge in [-0.1, -0.05) is 0 Å². The zero-order valence-corrected chi connectivity index (χ0v) is 14.3. The molecule has 7 nitrogen and oxygen atoms in total. The van der Waals surface area contributed by atoms with Gasteiger partial charge in [0.05, 0.1) is 13.6 Å². The fraction of sp³-hybridized carbons (Fsp3) is 0.143. The van der Waals surface area contributed by atoms with Gasteiger partial charge in [-0.3, -0.25) is 10.1 Å². The topological polar surface area (TPSA) is 91.3 Å². The van der Waals surface area contributed by atoms with Crippen LogP contribution in [0.1, 0.15) is 11.5 Å². The van der Waals surface area contributed by atoms with Crippen LogP contribution in [0.25, 0.3) is 10.8 Å². The van der Waals surface area contributed by atoms with Crippen molar-refractivity contribution in [2.75, 3.05) is 0 Å². The Labute approximate surface area is 143 Å². The van der Waals surface area contributed by atoms with E-state index in [-0.39, 0.29) is 12.3 Å². The first kappa shape index (κ1) is 15.6. The average Bonchev–Trinajstić information content (AvgIpc) is 3.13. The molecule has 0 saturated heterocycles. The number of aromatic nitrogens is 2. The van der Waals surface area contributed by atoms with Crippen LogP contribution in [0.4, 0.5) is 5.69 Å². The SMILES string of the molecule is Cc1cc(OCc2nnc(-c3ccc(Br)s3)o2)ccc1[N+](=O)[O-]. The van der Waals surface area contributed by atoms with Crippen molar-refractivity contribution in [1.82, 2.24) is 10.2 Å². The highest BCUT2D eigenvalue weighted by atomic mass is 79.9. The number of nitro benzene ring substituents is 1. The Kier molecular flexibility index (Phi) is 4.39. The molecule has 1 aromatic carbocycles. The number of halogens is 1. The van der Waals surface area contributed by atoms with E-state index in [1.807, 2.05) is 12.1 Å². The third-order valence-electron chi connectivity index (χ3n) is 2.98. The van der Waals surface area contributed by atoms with E-state index in [0.717, 1.165) is 8.66 Å². The number of hydrogen-bond acceptors (Lipinski definition) is 7. The largest absolute Gasteiger partial charge is 0.484 e. The van der Waals surface area contributed by atoms with Crippen molar-refractivity contribution in [2.24, 2.45) is 0 Å². The smallest absolute Gasteiger partial charge is 0.272 e. The Balaban J connectivity index is 1.68. The van der Waals surface area contributed by atoms with Crippen molar-refractivity contribution in [2.45, 2.75) is 13.5 Å². The van der Waals surface area contributed by atoms with E-state index in [0.29, 0.717) is 23.1 Å². The van der Waals surface area contributed by atoms with Gasteiger partial charge in [0.15, 0.2) is 6.61 Å². The number of ether oxygens (including phenoxy) is 1. The van der Waals surface area contributed by atoms with E-state index in [4.69, 9.17) is 9.15 Å². The zero-order chi connectivity index (χ0) is 16.4. The van der Waals surface area contributed by atoms with Gasteiger partial charge in [0, 0.05) is 11.6 Å². The summed E-state index contributed by atoms with van der Waals surface area (Å²) in [6, 6.07) is 8.34. The van der Waals surface area contributed by atoms with Gasteiger partial charge in [0.25, 0.3) is 17.5 Å². The van der Waals surface area contributed by atoms with Crippen LogP contribution < -0.4 is 4.74 Å². The Bertz CT molecular complexity index is 861. The second kappa shape index (κ2) is 6.47. The molecule has 0 fully saturated rings. The van der Waals surface area contributed by atoms with Crippen LogP contribution in [-0.2, 0) is 6.61 Å². The predicted molar refractivity (Wildman–Crippen MR) is 87.5 cm³/mol. The summed E-state index contributed by atoms with van der Waals surface area (Å²) < 4.78 is 12.0. The minimum atomic E-state index is -0.428. The summed E-state index contributed by atoms with van der Waals surface area (Å²) >= 11 is 4.87. The Hall–Kier alpha value is -2.26. The molecule has 0 unspecified atom stereocenters. The number of nitrogens with zero attached hydrogens (tertiary/aromatic N) is 3. The monoisotopic (exact) mass is 395 g/mol. The van der Waals surface area contributed by atoms with Gasteiger partial charge in [-0.25, -0.2) is 0 Å². The minimum absolute atomic E-state index is 0.0562. The molecule has 2 aromatic heterocycles. The summed E-state index contributed by atoms with van der Waals surface area (Å²) in [5, 5.41) is 18.7. The van der Waals surface area contributed by atoms with Crippen molar-refractivity contribution in [3.05, 3.63) is 55.7 Å². The number of aryl methyl sites for hydroxylation is 1. The third kappa shape index (κ3) is 3.57. The van der Waals surface area contributed by atoms with E-state index < -0.39 is 4.92 Å². The quantitative estimate of drug-likeness (QED) is 0.470. The molecule has 0 aliphatic rings. The molecule has 0 radical (unpaired) electrons. The molecule has 118 valence electrons. The van der Waals surface area contributed by atoms with Crippen LogP contribution in [0.5, 0.6) is 5.75 Å². The van der Waals surface area contributed by atoms with Gasteiger partial charge in [-0.2, -0.15) is 0 Å². The number of nitro groups is 1. The van der Waals surface area contributed by atoms with Gasteiger partial charge >= 0.3 is 0 Å². The maximum atomic E-state index is 10.8.